The normalized spacial score (nSPS) is 13.7. The lowest BCUT2D eigenvalue weighted by molar-refractivity contribution is -0.274. The van der Waals surface area contributed by atoms with Gasteiger partial charge in [0, 0.05) is 37.8 Å². The van der Waals surface area contributed by atoms with E-state index in [0.717, 1.165) is 35.6 Å². The van der Waals surface area contributed by atoms with E-state index in [1.165, 1.54) is 24.5 Å². The number of pyridine rings is 1. The largest absolute Gasteiger partial charge is 0.573 e. The van der Waals surface area contributed by atoms with Gasteiger partial charge in [-0.1, -0.05) is 18.2 Å². The third kappa shape index (κ3) is 4.79. The topological polar surface area (TPSA) is 63.2 Å². The van der Waals surface area contributed by atoms with Gasteiger partial charge in [0.15, 0.2) is 0 Å². The first kappa shape index (κ1) is 19.9. The number of aromatic nitrogens is 3. The van der Waals surface area contributed by atoms with E-state index in [9.17, 15) is 13.2 Å². The van der Waals surface area contributed by atoms with E-state index < -0.39 is 6.36 Å². The van der Waals surface area contributed by atoms with Crippen LogP contribution in [0.25, 0.3) is 0 Å². The predicted molar refractivity (Wildman–Crippen MR) is 106 cm³/mol. The third-order valence-electron chi connectivity index (χ3n) is 4.81. The highest BCUT2D eigenvalue weighted by atomic mass is 19.4. The van der Waals surface area contributed by atoms with Crippen LogP contribution in [0.1, 0.15) is 22.4 Å². The van der Waals surface area contributed by atoms with Gasteiger partial charge in [-0.25, -0.2) is 15.0 Å². The second-order valence-electron chi connectivity index (χ2n) is 7.06. The fourth-order valence-corrected chi connectivity index (χ4v) is 3.37. The maximum absolute atomic E-state index is 12.4. The summed E-state index contributed by atoms with van der Waals surface area (Å²) < 4.78 is 41.3. The summed E-state index contributed by atoms with van der Waals surface area (Å²) in [4.78, 5) is 15.4. The minimum absolute atomic E-state index is 0.247. The molecule has 0 atom stereocenters. The Hall–Kier alpha value is -3.36. The van der Waals surface area contributed by atoms with Crippen LogP contribution in [-0.4, -0.2) is 27.9 Å². The second-order valence-corrected chi connectivity index (χ2v) is 7.06. The van der Waals surface area contributed by atoms with Crippen LogP contribution in [0.15, 0.2) is 48.9 Å². The van der Waals surface area contributed by atoms with Crippen LogP contribution < -0.4 is 15.0 Å². The highest BCUT2D eigenvalue weighted by Gasteiger charge is 2.31. The van der Waals surface area contributed by atoms with E-state index in [4.69, 9.17) is 0 Å². The first-order valence-electron chi connectivity index (χ1n) is 9.46. The molecule has 1 aliphatic heterocycles. The SMILES string of the molecule is Cc1ccc(N2CCc3ncnc(NCc4cccc(OC(F)(F)F)c4)c3C2)nc1. The van der Waals surface area contributed by atoms with Gasteiger partial charge in [-0.05, 0) is 36.2 Å². The van der Waals surface area contributed by atoms with Crippen LogP contribution in [-0.2, 0) is 19.5 Å². The molecule has 1 N–H and O–H groups in total. The summed E-state index contributed by atoms with van der Waals surface area (Å²) in [6, 6.07) is 9.90. The maximum atomic E-state index is 12.4. The molecule has 0 unspecified atom stereocenters. The summed E-state index contributed by atoms with van der Waals surface area (Å²) in [7, 11) is 0. The van der Waals surface area contributed by atoms with Gasteiger partial charge in [0.1, 0.15) is 23.7 Å². The van der Waals surface area contributed by atoms with Crippen molar-refractivity contribution < 1.29 is 17.9 Å². The van der Waals surface area contributed by atoms with Crippen LogP contribution in [0.5, 0.6) is 5.75 Å². The quantitative estimate of drug-likeness (QED) is 0.672. The fourth-order valence-electron chi connectivity index (χ4n) is 3.37. The van der Waals surface area contributed by atoms with Crippen molar-refractivity contribution in [2.45, 2.75) is 32.8 Å². The van der Waals surface area contributed by atoms with Crippen LogP contribution in [0, 0.1) is 6.92 Å². The monoisotopic (exact) mass is 415 g/mol. The number of anilines is 2. The van der Waals surface area contributed by atoms with E-state index >= 15 is 0 Å². The molecule has 0 aliphatic carbocycles. The molecule has 1 aliphatic rings. The number of rotatable bonds is 5. The molecule has 6 nitrogen and oxygen atoms in total. The molecule has 0 amide bonds. The Bertz CT molecular complexity index is 1020. The Morgan fingerprint density at radius 1 is 1.13 bits per heavy atom. The second kappa shape index (κ2) is 8.17. The number of hydrogen-bond acceptors (Lipinski definition) is 6. The Labute approximate surface area is 171 Å². The van der Waals surface area contributed by atoms with E-state index in [-0.39, 0.29) is 5.75 Å². The van der Waals surface area contributed by atoms with Crippen LogP contribution in [0.2, 0.25) is 0 Å². The molecule has 0 radical (unpaired) electrons. The molecule has 156 valence electrons. The molecular formula is C21H20F3N5O. The highest BCUT2D eigenvalue weighted by Crippen LogP contribution is 2.27. The molecule has 0 bridgehead atoms. The van der Waals surface area contributed by atoms with Crippen molar-refractivity contribution in [2.75, 3.05) is 16.8 Å². The molecule has 0 spiro atoms. The zero-order valence-electron chi connectivity index (χ0n) is 16.3. The number of halogens is 3. The third-order valence-corrected chi connectivity index (χ3v) is 4.81. The summed E-state index contributed by atoms with van der Waals surface area (Å²) in [6.07, 6.45) is -0.617. The Morgan fingerprint density at radius 3 is 2.77 bits per heavy atom. The van der Waals surface area contributed by atoms with Crippen molar-refractivity contribution in [3.05, 3.63) is 71.3 Å². The zero-order chi connectivity index (χ0) is 21.1. The molecule has 2 aromatic heterocycles. The van der Waals surface area contributed by atoms with Gasteiger partial charge >= 0.3 is 6.36 Å². The van der Waals surface area contributed by atoms with Crippen molar-refractivity contribution in [1.29, 1.82) is 0 Å². The lowest BCUT2D eigenvalue weighted by Gasteiger charge is -2.30. The van der Waals surface area contributed by atoms with Crippen molar-refractivity contribution in [3.63, 3.8) is 0 Å². The van der Waals surface area contributed by atoms with Gasteiger partial charge in [0.05, 0.1) is 5.69 Å². The summed E-state index contributed by atoms with van der Waals surface area (Å²) in [5, 5.41) is 3.23. The van der Waals surface area contributed by atoms with Crippen LogP contribution in [0.4, 0.5) is 24.8 Å². The average Bonchev–Trinajstić information content (AvgIpc) is 2.71. The highest BCUT2D eigenvalue weighted by molar-refractivity contribution is 5.52. The van der Waals surface area contributed by atoms with Crippen molar-refractivity contribution in [1.82, 2.24) is 15.0 Å². The molecule has 0 saturated heterocycles. The minimum Gasteiger partial charge on any atom is -0.406 e. The van der Waals surface area contributed by atoms with Crippen molar-refractivity contribution in [2.24, 2.45) is 0 Å². The van der Waals surface area contributed by atoms with Gasteiger partial charge in [0.25, 0.3) is 0 Å². The van der Waals surface area contributed by atoms with Crippen molar-refractivity contribution in [3.8, 4) is 5.75 Å². The van der Waals surface area contributed by atoms with Gasteiger partial charge in [-0.3, -0.25) is 0 Å². The van der Waals surface area contributed by atoms with Gasteiger partial charge in [-0.2, -0.15) is 0 Å². The number of nitrogens with one attached hydrogen (secondary N) is 1. The molecule has 4 rings (SSSR count). The summed E-state index contributed by atoms with van der Waals surface area (Å²) in [5.74, 6) is 1.31. The first-order chi connectivity index (χ1) is 14.4. The van der Waals surface area contributed by atoms with Gasteiger partial charge < -0.3 is 15.0 Å². The van der Waals surface area contributed by atoms with Crippen LogP contribution >= 0.6 is 0 Å². The van der Waals surface area contributed by atoms with E-state index in [2.05, 4.69) is 29.9 Å². The molecule has 3 heterocycles. The molecule has 1 aromatic carbocycles. The molecule has 3 aromatic rings. The van der Waals surface area contributed by atoms with Crippen LogP contribution in [0.3, 0.4) is 0 Å². The number of hydrogen-bond donors (Lipinski definition) is 1. The Morgan fingerprint density at radius 2 is 2.00 bits per heavy atom. The maximum Gasteiger partial charge on any atom is 0.573 e. The van der Waals surface area contributed by atoms with Gasteiger partial charge in [0.2, 0.25) is 0 Å². The number of benzene rings is 1. The zero-order valence-corrected chi connectivity index (χ0v) is 16.3. The minimum atomic E-state index is -4.72. The molecular weight excluding hydrogens is 395 g/mol. The smallest absolute Gasteiger partial charge is 0.406 e. The summed E-state index contributed by atoms with van der Waals surface area (Å²) in [5.41, 5.74) is 3.68. The van der Waals surface area contributed by atoms with E-state index in [0.29, 0.717) is 24.5 Å². The number of alkyl halides is 3. The Kier molecular flexibility index (Phi) is 5.43. The average molecular weight is 415 g/mol. The number of aryl methyl sites for hydroxylation is 1. The first-order valence-corrected chi connectivity index (χ1v) is 9.46. The number of fused-ring (bicyclic) bond motifs is 1. The van der Waals surface area contributed by atoms with Gasteiger partial charge in [-0.15, -0.1) is 13.2 Å². The van der Waals surface area contributed by atoms with E-state index in [1.807, 2.05) is 25.3 Å². The lowest BCUT2D eigenvalue weighted by atomic mass is 10.1. The molecule has 30 heavy (non-hydrogen) atoms. The molecule has 0 fully saturated rings. The standard InChI is InChI=1S/C21H20F3N5O/c1-14-5-6-19(25-10-14)29-8-7-18-17(12-29)20(28-13-27-18)26-11-15-3-2-4-16(9-15)30-21(22,23)24/h2-6,9-10,13H,7-8,11-12H2,1H3,(H,26,27,28). The fraction of sp³-hybridized carbons (Fsp3) is 0.286. The lowest BCUT2D eigenvalue weighted by Crippen LogP contribution is -2.32. The number of nitrogens with zero attached hydrogens (tertiary/aromatic N) is 4. The summed E-state index contributed by atoms with van der Waals surface area (Å²) in [6.45, 7) is 3.70. The Balaban J connectivity index is 1.49. The molecule has 9 heteroatoms. The van der Waals surface area contributed by atoms with Crippen molar-refractivity contribution >= 4 is 11.6 Å². The summed E-state index contributed by atoms with van der Waals surface area (Å²) >= 11 is 0. The number of ether oxygens (including phenoxy) is 1. The van der Waals surface area contributed by atoms with E-state index in [1.54, 1.807) is 6.07 Å². The predicted octanol–water partition coefficient (Wildman–Crippen LogP) is 4.25. The molecule has 0 saturated carbocycles.